The highest BCUT2D eigenvalue weighted by atomic mass is 19.1. The van der Waals surface area contributed by atoms with E-state index in [1.165, 1.54) is 20.0 Å². The first kappa shape index (κ1) is 13.3. The van der Waals surface area contributed by atoms with Crippen molar-refractivity contribution in [3.05, 3.63) is 29.1 Å². The summed E-state index contributed by atoms with van der Waals surface area (Å²) in [6.07, 6.45) is 4.79. The normalized spacial score (nSPS) is 11.2. The van der Waals surface area contributed by atoms with E-state index in [4.69, 9.17) is 4.52 Å². The molecule has 0 radical (unpaired) electrons. The number of hydrogen-bond acceptors (Lipinski definition) is 5. The molecule has 0 aliphatic heterocycles. The molecule has 0 atom stereocenters. The second kappa shape index (κ2) is 5.00. The van der Waals surface area contributed by atoms with Crippen molar-refractivity contribution in [3.63, 3.8) is 0 Å². The van der Waals surface area contributed by atoms with Gasteiger partial charge in [-0.2, -0.15) is 10.1 Å². The minimum Gasteiger partial charge on any atom is -0.332 e. The van der Waals surface area contributed by atoms with Crippen molar-refractivity contribution >= 4 is 0 Å². The first-order valence-electron chi connectivity index (χ1n) is 6.25. The lowest BCUT2D eigenvalue weighted by atomic mass is 10.3. The van der Waals surface area contributed by atoms with Gasteiger partial charge in [0, 0.05) is 26.5 Å². The summed E-state index contributed by atoms with van der Waals surface area (Å²) < 4.78 is 21.7. The van der Waals surface area contributed by atoms with E-state index in [0.717, 1.165) is 0 Å². The number of alkyl halides is 1. The summed E-state index contributed by atoms with van der Waals surface area (Å²) in [5.74, 6) is 0.579. The van der Waals surface area contributed by atoms with Gasteiger partial charge in [0.15, 0.2) is 0 Å². The van der Waals surface area contributed by atoms with Crippen molar-refractivity contribution in [2.24, 2.45) is 14.1 Å². The minimum absolute atomic E-state index is 0.178. The van der Waals surface area contributed by atoms with Crippen molar-refractivity contribution in [2.75, 3.05) is 6.67 Å². The van der Waals surface area contributed by atoms with Crippen LogP contribution in [0.1, 0.15) is 0 Å². The fourth-order valence-corrected chi connectivity index (χ4v) is 2.00. The van der Waals surface area contributed by atoms with Crippen molar-refractivity contribution in [2.45, 2.75) is 6.54 Å². The van der Waals surface area contributed by atoms with Gasteiger partial charge in [-0.15, -0.1) is 0 Å². The summed E-state index contributed by atoms with van der Waals surface area (Å²) in [4.78, 5) is 15.9. The van der Waals surface area contributed by atoms with E-state index in [1.54, 1.807) is 26.5 Å². The molecule has 0 spiro atoms. The van der Waals surface area contributed by atoms with Crippen LogP contribution in [-0.4, -0.2) is 35.7 Å². The smallest absolute Gasteiger partial charge is 0.328 e. The first-order valence-corrected chi connectivity index (χ1v) is 6.25. The Bertz CT molecular complexity index is 827. The molecule has 0 N–H and O–H groups in total. The van der Waals surface area contributed by atoms with E-state index in [2.05, 4.69) is 15.2 Å². The molecule has 110 valence electrons. The van der Waals surface area contributed by atoms with E-state index >= 15 is 0 Å². The van der Waals surface area contributed by atoms with Gasteiger partial charge in [0.2, 0.25) is 5.82 Å². The summed E-state index contributed by atoms with van der Waals surface area (Å²) in [7, 11) is 3.27. The van der Waals surface area contributed by atoms with Crippen LogP contribution in [0.15, 0.2) is 27.9 Å². The minimum atomic E-state index is -0.495. The van der Waals surface area contributed by atoms with Gasteiger partial charge >= 0.3 is 5.69 Å². The number of aromatic nitrogens is 6. The lowest BCUT2D eigenvalue weighted by Gasteiger charge is -1.92. The molecule has 0 aromatic carbocycles. The van der Waals surface area contributed by atoms with Crippen LogP contribution >= 0.6 is 0 Å². The van der Waals surface area contributed by atoms with Gasteiger partial charge in [-0.3, -0.25) is 9.25 Å². The highest BCUT2D eigenvalue weighted by Crippen LogP contribution is 2.20. The average molecular weight is 292 g/mol. The third kappa shape index (κ3) is 2.26. The van der Waals surface area contributed by atoms with Gasteiger partial charge in [-0.1, -0.05) is 5.16 Å². The van der Waals surface area contributed by atoms with Crippen molar-refractivity contribution in [1.29, 1.82) is 0 Å². The van der Waals surface area contributed by atoms with Crippen LogP contribution in [0.5, 0.6) is 0 Å². The maximum Gasteiger partial charge on any atom is 0.328 e. The van der Waals surface area contributed by atoms with Gasteiger partial charge in [0.25, 0.3) is 5.89 Å². The SMILES string of the molecule is Cn1cc(-c2nc(-c3cnn(CCF)c3)no2)n(C)c1=O. The Labute approximate surface area is 118 Å². The zero-order chi connectivity index (χ0) is 15.0. The zero-order valence-electron chi connectivity index (χ0n) is 11.5. The Kier molecular flexibility index (Phi) is 3.16. The molecular formula is C12H13FN6O2. The predicted octanol–water partition coefficient (Wildman–Crippen LogP) is 0.607. The largest absolute Gasteiger partial charge is 0.332 e. The molecule has 21 heavy (non-hydrogen) atoms. The Hall–Kier alpha value is -2.71. The molecule has 3 aromatic rings. The quantitative estimate of drug-likeness (QED) is 0.703. The number of halogens is 1. The van der Waals surface area contributed by atoms with Gasteiger partial charge < -0.3 is 9.09 Å². The summed E-state index contributed by atoms with van der Waals surface area (Å²) >= 11 is 0. The first-order chi connectivity index (χ1) is 10.1. The van der Waals surface area contributed by atoms with E-state index in [9.17, 15) is 9.18 Å². The fourth-order valence-electron chi connectivity index (χ4n) is 2.00. The summed E-state index contributed by atoms with van der Waals surface area (Å²) in [5, 5.41) is 7.85. The molecule has 0 bridgehead atoms. The van der Waals surface area contributed by atoms with Crippen molar-refractivity contribution in [1.82, 2.24) is 29.1 Å². The number of aryl methyl sites for hydroxylation is 2. The molecule has 0 unspecified atom stereocenters. The number of imidazole rings is 1. The maximum atomic E-state index is 12.3. The fraction of sp³-hybridized carbons (Fsp3) is 0.333. The second-order valence-electron chi connectivity index (χ2n) is 4.57. The van der Waals surface area contributed by atoms with Crippen LogP contribution in [0, 0.1) is 0 Å². The molecule has 3 rings (SSSR count). The van der Waals surface area contributed by atoms with Crippen LogP contribution in [0.25, 0.3) is 23.0 Å². The lowest BCUT2D eigenvalue weighted by molar-refractivity contribution is 0.427. The summed E-state index contributed by atoms with van der Waals surface area (Å²) in [6, 6.07) is 0. The van der Waals surface area contributed by atoms with Crippen LogP contribution in [0.4, 0.5) is 4.39 Å². The van der Waals surface area contributed by atoms with Crippen LogP contribution in [0.2, 0.25) is 0 Å². The molecule has 3 aromatic heterocycles. The third-order valence-electron chi connectivity index (χ3n) is 3.12. The number of hydrogen-bond donors (Lipinski definition) is 0. The Balaban J connectivity index is 1.95. The highest BCUT2D eigenvalue weighted by molar-refractivity contribution is 5.55. The second-order valence-corrected chi connectivity index (χ2v) is 4.57. The van der Waals surface area contributed by atoms with E-state index < -0.39 is 6.67 Å². The summed E-state index contributed by atoms with van der Waals surface area (Å²) in [5.41, 5.74) is 0.970. The monoisotopic (exact) mass is 292 g/mol. The highest BCUT2D eigenvalue weighted by Gasteiger charge is 2.16. The van der Waals surface area contributed by atoms with Gasteiger partial charge in [0.05, 0.1) is 18.3 Å². The molecular weight excluding hydrogens is 279 g/mol. The maximum absolute atomic E-state index is 12.3. The molecule has 0 saturated carbocycles. The molecule has 0 amide bonds. The zero-order valence-corrected chi connectivity index (χ0v) is 11.5. The topological polar surface area (TPSA) is 83.7 Å². The molecule has 3 heterocycles. The Morgan fingerprint density at radius 2 is 2.14 bits per heavy atom. The van der Waals surface area contributed by atoms with E-state index in [0.29, 0.717) is 17.1 Å². The molecule has 0 aliphatic carbocycles. The standard InChI is InChI=1S/C12H13FN6O2/c1-17-7-9(18(2)12(17)20)11-15-10(16-21-11)8-5-14-19(6-8)4-3-13/h5-7H,3-4H2,1-2H3. The van der Waals surface area contributed by atoms with Crippen molar-refractivity contribution < 1.29 is 8.91 Å². The average Bonchev–Trinajstić information content (AvgIpc) is 3.16. The van der Waals surface area contributed by atoms with E-state index in [-0.39, 0.29) is 18.1 Å². The van der Waals surface area contributed by atoms with Gasteiger partial charge in [-0.25, -0.2) is 9.18 Å². The third-order valence-corrected chi connectivity index (χ3v) is 3.12. The lowest BCUT2D eigenvalue weighted by Crippen LogP contribution is -2.19. The van der Waals surface area contributed by atoms with Gasteiger partial charge in [0.1, 0.15) is 12.4 Å². The molecule has 8 nitrogen and oxygen atoms in total. The van der Waals surface area contributed by atoms with Crippen molar-refractivity contribution in [3.8, 4) is 23.0 Å². The predicted molar refractivity (Wildman–Crippen MR) is 71.1 cm³/mol. The van der Waals surface area contributed by atoms with Gasteiger partial charge in [-0.05, 0) is 0 Å². The van der Waals surface area contributed by atoms with E-state index in [1.807, 2.05) is 0 Å². The van der Waals surface area contributed by atoms with Crippen LogP contribution < -0.4 is 5.69 Å². The Morgan fingerprint density at radius 1 is 1.33 bits per heavy atom. The number of rotatable bonds is 4. The molecule has 0 saturated heterocycles. The molecule has 0 fully saturated rings. The number of nitrogens with zero attached hydrogens (tertiary/aromatic N) is 6. The molecule has 9 heteroatoms. The Morgan fingerprint density at radius 3 is 2.81 bits per heavy atom. The summed E-state index contributed by atoms with van der Waals surface area (Å²) in [6.45, 7) is -0.317. The molecule has 0 aliphatic rings. The van der Waals surface area contributed by atoms with Crippen LogP contribution in [0.3, 0.4) is 0 Å². The van der Waals surface area contributed by atoms with Crippen LogP contribution in [-0.2, 0) is 20.6 Å².